The summed E-state index contributed by atoms with van der Waals surface area (Å²) in [6, 6.07) is 16.2. The summed E-state index contributed by atoms with van der Waals surface area (Å²) in [6.45, 7) is 6.47. The van der Waals surface area contributed by atoms with Gasteiger partial charge in [0.25, 0.3) is 0 Å². The smallest absolute Gasteiger partial charge is 0.321 e. The molecule has 1 atom stereocenters. The molecule has 1 heterocycles. The Morgan fingerprint density at radius 1 is 1.16 bits per heavy atom. The van der Waals surface area contributed by atoms with Crippen molar-refractivity contribution in [1.82, 2.24) is 25.4 Å². The first-order valence-corrected chi connectivity index (χ1v) is 10.9. The Hall–Kier alpha value is -3.59. The van der Waals surface area contributed by atoms with Gasteiger partial charge in [-0.15, -0.1) is 16.8 Å². The molecule has 3 aromatic rings. The second kappa shape index (κ2) is 11.1. The topological polar surface area (TPSA) is 98.1 Å². The number of amides is 3. The molecule has 0 bridgehead atoms. The number of benzene rings is 2. The van der Waals surface area contributed by atoms with Crippen LogP contribution in [-0.4, -0.2) is 40.4 Å². The second-order valence-electron chi connectivity index (χ2n) is 6.66. The van der Waals surface area contributed by atoms with Gasteiger partial charge in [-0.25, -0.2) is 4.79 Å². The van der Waals surface area contributed by atoms with E-state index in [9.17, 15) is 9.59 Å². The molecule has 0 radical (unpaired) electrons. The van der Waals surface area contributed by atoms with Crippen LogP contribution in [-0.2, 0) is 11.3 Å². The van der Waals surface area contributed by atoms with E-state index >= 15 is 0 Å². The molecule has 0 aliphatic heterocycles. The molecule has 0 saturated carbocycles. The van der Waals surface area contributed by atoms with Crippen LogP contribution in [0.4, 0.5) is 4.79 Å². The van der Waals surface area contributed by atoms with E-state index in [0.29, 0.717) is 29.8 Å². The molecule has 1 unspecified atom stereocenters. The van der Waals surface area contributed by atoms with Crippen molar-refractivity contribution in [2.75, 3.05) is 13.7 Å². The molecule has 0 aliphatic carbocycles. The molecule has 0 fully saturated rings. The van der Waals surface area contributed by atoms with Gasteiger partial charge in [0.15, 0.2) is 11.0 Å². The quantitative estimate of drug-likeness (QED) is 0.379. The maximum atomic E-state index is 13.0. The highest BCUT2D eigenvalue weighted by Crippen LogP contribution is 2.37. The number of carbonyl (C=O) groups excluding carboxylic acids is 2. The fourth-order valence-electron chi connectivity index (χ4n) is 3.09. The number of nitrogens with zero attached hydrogens (tertiary/aromatic N) is 3. The number of allylic oxidation sites excluding steroid dienone is 1. The van der Waals surface area contributed by atoms with Crippen molar-refractivity contribution >= 4 is 23.7 Å². The zero-order chi connectivity index (χ0) is 22.9. The first-order valence-electron chi connectivity index (χ1n) is 10.1. The number of ether oxygens (including phenoxy) is 1. The first kappa shape index (κ1) is 23.1. The van der Waals surface area contributed by atoms with Gasteiger partial charge < -0.3 is 10.1 Å². The summed E-state index contributed by atoms with van der Waals surface area (Å²) in [6.07, 6.45) is 1.73. The lowest BCUT2D eigenvalue weighted by Crippen LogP contribution is -2.41. The van der Waals surface area contributed by atoms with Gasteiger partial charge in [0, 0.05) is 13.1 Å². The van der Waals surface area contributed by atoms with Crippen LogP contribution in [0.1, 0.15) is 17.7 Å². The zero-order valence-electron chi connectivity index (χ0n) is 17.9. The number of rotatable bonds is 9. The second-order valence-corrected chi connectivity index (χ2v) is 7.74. The van der Waals surface area contributed by atoms with Crippen LogP contribution in [0, 0.1) is 0 Å². The van der Waals surface area contributed by atoms with E-state index in [4.69, 9.17) is 4.74 Å². The molecule has 9 heteroatoms. The van der Waals surface area contributed by atoms with E-state index in [2.05, 4.69) is 27.4 Å². The van der Waals surface area contributed by atoms with Crippen LogP contribution < -0.4 is 15.4 Å². The minimum atomic E-state index is -0.711. The third-order valence-corrected chi connectivity index (χ3v) is 5.75. The Morgan fingerprint density at radius 3 is 2.56 bits per heavy atom. The summed E-state index contributed by atoms with van der Waals surface area (Å²) in [5.74, 6) is 0.815. The lowest BCUT2D eigenvalue weighted by molar-refractivity contribution is -0.119. The number of hydrogen-bond donors (Lipinski definition) is 2. The maximum absolute atomic E-state index is 13.0. The highest BCUT2D eigenvalue weighted by Gasteiger charge is 2.27. The minimum absolute atomic E-state index is 0.415. The molecule has 2 aromatic carbocycles. The summed E-state index contributed by atoms with van der Waals surface area (Å²) in [7, 11) is 1.60. The van der Waals surface area contributed by atoms with Crippen molar-refractivity contribution < 1.29 is 14.3 Å². The summed E-state index contributed by atoms with van der Waals surface area (Å²) >= 11 is 1.21. The van der Waals surface area contributed by atoms with Crippen molar-refractivity contribution in [3.63, 3.8) is 0 Å². The van der Waals surface area contributed by atoms with E-state index in [-0.39, 0.29) is 0 Å². The number of carbonyl (C=O) groups is 2. The van der Waals surface area contributed by atoms with Crippen LogP contribution in [0.5, 0.6) is 5.75 Å². The van der Waals surface area contributed by atoms with E-state index < -0.39 is 17.2 Å². The highest BCUT2D eigenvalue weighted by molar-refractivity contribution is 8.00. The molecular weight excluding hydrogens is 426 g/mol. The van der Waals surface area contributed by atoms with Crippen molar-refractivity contribution in [3.05, 3.63) is 72.8 Å². The van der Waals surface area contributed by atoms with E-state index in [0.717, 1.165) is 11.1 Å². The van der Waals surface area contributed by atoms with Gasteiger partial charge in [-0.05, 0) is 24.6 Å². The molecule has 32 heavy (non-hydrogen) atoms. The van der Waals surface area contributed by atoms with Crippen LogP contribution in [0.3, 0.4) is 0 Å². The number of hydrogen-bond acceptors (Lipinski definition) is 6. The fraction of sp³-hybridized carbons (Fsp3) is 0.217. The zero-order valence-corrected chi connectivity index (χ0v) is 18.8. The molecular formula is C23H25N5O3S. The number of urea groups is 1. The van der Waals surface area contributed by atoms with Gasteiger partial charge in [-0.2, -0.15) is 0 Å². The van der Waals surface area contributed by atoms with Crippen LogP contribution in [0.15, 0.2) is 72.4 Å². The molecule has 0 saturated heterocycles. The Balaban J connectivity index is 1.99. The lowest BCUT2D eigenvalue weighted by Gasteiger charge is -2.17. The maximum Gasteiger partial charge on any atom is 0.321 e. The Morgan fingerprint density at radius 2 is 1.88 bits per heavy atom. The van der Waals surface area contributed by atoms with Gasteiger partial charge in [0.1, 0.15) is 11.0 Å². The Bertz CT molecular complexity index is 1080. The normalized spacial score (nSPS) is 11.4. The molecule has 3 rings (SSSR count). The third-order valence-electron chi connectivity index (χ3n) is 4.51. The molecule has 1 aromatic heterocycles. The van der Waals surface area contributed by atoms with Crippen molar-refractivity contribution in [2.24, 2.45) is 0 Å². The standard InChI is InChI=1S/C23H25N5O3S/c1-4-15-28-20(17-13-9-10-14-18(17)31-3)26-27-23(28)32-19(16-11-7-6-8-12-16)21(29)25-22(30)24-5-2/h4,6-14,19H,1,5,15H2,2-3H3,(H2,24,25,29,30). The van der Waals surface area contributed by atoms with Crippen LogP contribution >= 0.6 is 11.8 Å². The average molecular weight is 452 g/mol. The summed E-state index contributed by atoms with van der Waals surface area (Å²) in [5.41, 5.74) is 1.52. The van der Waals surface area contributed by atoms with Gasteiger partial charge in [-0.3, -0.25) is 14.7 Å². The van der Waals surface area contributed by atoms with Gasteiger partial charge in [0.2, 0.25) is 5.91 Å². The summed E-state index contributed by atoms with van der Waals surface area (Å²) in [4.78, 5) is 24.9. The van der Waals surface area contributed by atoms with Gasteiger partial charge >= 0.3 is 6.03 Å². The number of nitrogens with one attached hydrogen (secondary N) is 2. The lowest BCUT2D eigenvalue weighted by atomic mass is 10.1. The highest BCUT2D eigenvalue weighted by atomic mass is 32.2. The van der Waals surface area contributed by atoms with E-state index in [1.807, 2.05) is 59.2 Å². The molecule has 8 nitrogen and oxygen atoms in total. The number of aromatic nitrogens is 3. The molecule has 2 N–H and O–H groups in total. The minimum Gasteiger partial charge on any atom is -0.496 e. The molecule has 0 aliphatic rings. The number of imide groups is 1. The molecule has 0 spiro atoms. The van der Waals surface area contributed by atoms with Gasteiger partial charge in [-0.1, -0.05) is 60.3 Å². The number of para-hydroxylation sites is 1. The van der Waals surface area contributed by atoms with Crippen LogP contribution in [0.2, 0.25) is 0 Å². The number of thioether (sulfide) groups is 1. The van der Waals surface area contributed by atoms with Crippen molar-refractivity contribution in [3.8, 4) is 17.1 Å². The SMILES string of the molecule is C=CCn1c(SC(C(=O)NC(=O)NCC)c2ccccc2)nnc1-c1ccccc1OC. The Kier molecular flexibility index (Phi) is 8.04. The average Bonchev–Trinajstić information content (AvgIpc) is 3.20. The largest absolute Gasteiger partial charge is 0.496 e. The van der Waals surface area contributed by atoms with E-state index in [1.54, 1.807) is 20.1 Å². The summed E-state index contributed by atoms with van der Waals surface area (Å²) < 4.78 is 7.34. The van der Waals surface area contributed by atoms with E-state index in [1.165, 1.54) is 11.8 Å². The fourth-order valence-corrected chi connectivity index (χ4v) is 4.13. The first-order chi connectivity index (χ1) is 15.6. The molecule has 3 amide bonds. The Labute approximate surface area is 191 Å². The van der Waals surface area contributed by atoms with Gasteiger partial charge in [0.05, 0.1) is 12.7 Å². The monoisotopic (exact) mass is 451 g/mol. The summed E-state index contributed by atoms with van der Waals surface area (Å²) in [5, 5.41) is 13.5. The van der Waals surface area contributed by atoms with Crippen molar-refractivity contribution in [1.29, 1.82) is 0 Å². The predicted molar refractivity (Wildman–Crippen MR) is 124 cm³/mol. The third kappa shape index (κ3) is 5.36. The predicted octanol–water partition coefficient (Wildman–Crippen LogP) is 3.82. The number of methoxy groups -OCH3 is 1. The molecule has 166 valence electrons. The van der Waals surface area contributed by atoms with Crippen molar-refractivity contribution in [2.45, 2.75) is 23.9 Å². The van der Waals surface area contributed by atoms with Crippen LogP contribution in [0.25, 0.3) is 11.4 Å².